The number of fused-ring (bicyclic) bond motifs is 1. The summed E-state index contributed by atoms with van der Waals surface area (Å²) in [6.07, 6.45) is 1.24. The molecule has 3 N–H and O–H groups in total. The van der Waals surface area contributed by atoms with Crippen LogP contribution in [0.25, 0.3) is 0 Å². The molecular formula is C28H41N3O5. The normalized spacial score (nSPS) is 34.6. The van der Waals surface area contributed by atoms with Crippen molar-refractivity contribution in [2.24, 2.45) is 23.7 Å². The van der Waals surface area contributed by atoms with Gasteiger partial charge in [0, 0.05) is 12.6 Å². The number of aliphatic hydroxyl groups excluding tert-OH is 1. The van der Waals surface area contributed by atoms with Gasteiger partial charge in [-0.25, -0.2) is 0 Å². The van der Waals surface area contributed by atoms with Gasteiger partial charge < -0.3 is 25.4 Å². The summed E-state index contributed by atoms with van der Waals surface area (Å²) in [5.74, 6) is -2.36. The fourth-order valence-corrected chi connectivity index (χ4v) is 6.81. The van der Waals surface area contributed by atoms with Gasteiger partial charge in [0.25, 0.3) is 0 Å². The van der Waals surface area contributed by atoms with Crippen molar-refractivity contribution >= 4 is 17.7 Å². The molecule has 3 heterocycles. The van der Waals surface area contributed by atoms with Crippen LogP contribution in [0, 0.1) is 23.7 Å². The predicted molar refractivity (Wildman–Crippen MR) is 136 cm³/mol. The molecule has 2 bridgehead atoms. The molecule has 1 aromatic carbocycles. The van der Waals surface area contributed by atoms with E-state index in [4.69, 9.17) is 4.74 Å². The molecule has 3 unspecified atom stereocenters. The van der Waals surface area contributed by atoms with Gasteiger partial charge in [-0.05, 0) is 44.6 Å². The standard InChI is InChI=1S/C28H41N3O5/c1-7-17(4)20(15-32)31-23(25(34)30-16(2)3)28-13-18(5)27(6,36-28)21(22(28)26(31)35)24(33)29-14-19-11-9-8-10-12-19/h8-12,16-18,20-23,32H,7,13-15H2,1-6H3,(H,29,33)(H,30,34)/t17-,18?,20-,21+,22-,23?,27-,28?/m0/s1. The summed E-state index contributed by atoms with van der Waals surface area (Å²) in [7, 11) is 0. The SMILES string of the molecule is CC[C@H](C)[C@H](CO)N1C(=O)[C@@H]2[C@H](C(=O)NCc3ccccc3)[C@@]3(C)OC2(CC3C)C1C(=O)NC(C)C. The molecule has 0 aromatic heterocycles. The van der Waals surface area contributed by atoms with E-state index in [2.05, 4.69) is 10.6 Å². The summed E-state index contributed by atoms with van der Waals surface area (Å²) in [5.41, 5.74) is -1.01. The molecule has 3 aliphatic rings. The van der Waals surface area contributed by atoms with Gasteiger partial charge in [0.1, 0.15) is 11.6 Å². The molecule has 3 aliphatic heterocycles. The Morgan fingerprint density at radius 2 is 1.86 bits per heavy atom. The molecule has 0 radical (unpaired) electrons. The van der Waals surface area contributed by atoms with Crippen LogP contribution in [0.2, 0.25) is 0 Å². The van der Waals surface area contributed by atoms with Crippen molar-refractivity contribution in [3.63, 3.8) is 0 Å². The van der Waals surface area contributed by atoms with Gasteiger partial charge >= 0.3 is 0 Å². The van der Waals surface area contributed by atoms with Gasteiger partial charge in [0.2, 0.25) is 17.7 Å². The first-order valence-corrected chi connectivity index (χ1v) is 13.3. The Hall–Kier alpha value is -2.45. The second kappa shape index (κ2) is 9.78. The Kier molecular flexibility index (Phi) is 7.23. The monoisotopic (exact) mass is 499 g/mol. The lowest BCUT2D eigenvalue weighted by atomic mass is 9.62. The van der Waals surface area contributed by atoms with Crippen LogP contribution >= 0.6 is 0 Å². The molecule has 8 heteroatoms. The van der Waals surface area contributed by atoms with Gasteiger partial charge in [-0.3, -0.25) is 14.4 Å². The molecule has 4 rings (SSSR count). The van der Waals surface area contributed by atoms with Crippen LogP contribution in [0.15, 0.2) is 30.3 Å². The zero-order valence-electron chi connectivity index (χ0n) is 22.3. The minimum Gasteiger partial charge on any atom is -0.394 e. The van der Waals surface area contributed by atoms with Gasteiger partial charge in [-0.15, -0.1) is 0 Å². The van der Waals surface area contributed by atoms with E-state index in [1.165, 1.54) is 0 Å². The maximum Gasteiger partial charge on any atom is 0.246 e. The zero-order chi connectivity index (χ0) is 26.4. The number of carbonyl (C=O) groups excluding carboxylic acids is 3. The third kappa shape index (κ3) is 4.02. The molecule has 8 nitrogen and oxygen atoms in total. The van der Waals surface area contributed by atoms with E-state index in [-0.39, 0.29) is 42.2 Å². The van der Waals surface area contributed by atoms with Crippen molar-refractivity contribution in [1.29, 1.82) is 0 Å². The molecule has 3 saturated heterocycles. The third-order valence-corrected chi connectivity index (χ3v) is 8.87. The fraction of sp³-hybridized carbons (Fsp3) is 0.679. The van der Waals surface area contributed by atoms with Crippen molar-refractivity contribution in [2.75, 3.05) is 6.61 Å². The molecular weight excluding hydrogens is 458 g/mol. The highest BCUT2D eigenvalue weighted by Gasteiger charge is 2.80. The predicted octanol–water partition coefficient (Wildman–Crippen LogP) is 2.25. The molecule has 0 aliphatic carbocycles. The van der Waals surface area contributed by atoms with Crippen LogP contribution in [-0.4, -0.2) is 63.7 Å². The maximum atomic E-state index is 14.2. The number of likely N-dealkylation sites (tertiary alicyclic amines) is 1. The number of hydrogen-bond acceptors (Lipinski definition) is 5. The van der Waals surface area contributed by atoms with Gasteiger partial charge in [-0.2, -0.15) is 0 Å². The van der Waals surface area contributed by atoms with Gasteiger partial charge in [-0.1, -0.05) is 57.5 Å². The number of amides is 3. The molecule has 1 aromatic rings. The quantitative estimate of drug-likeness (QED) is 0.483. The largest absolute Gasteiger partial charge is 0.394 e. The number of benzene rings is 1. The minimum atomic E-state index is -1.11. The first-order valence-electron chi connectivity index (χ1n) is 13.3. The van der Waals surface area contributed by atoms with Crippen LogP contribution in [0.3, 0.4) is 0 Å². The Morgan fingerprint density at radius 1 is 1.19 bits per heavy atom. The maximum absolute atomic E-state index is 14.2. The summed E-state index contributed by atoms with van der Waals surface area (Å²) in [6.45, 7) is 11.8. The Morgan fingerprint density at radius 3 is 2.44 bits per heavy atom. The first-order chi connectivity index (χ1) is 17.0. The number of nitrogens with zero attached hydrogens (tertiary/aromatic N) is 1. The number of rotatable bonds is 9. The number of carbonyl (C=O) groups is 3. The average Bonchev–Trinajstić information content (AvgIpc) is 3.35. The van der Waals surface area contributed by atoms with E-state index in [0.717, 1.165) is 12.0 Å². The second-order valence-electron chi connectivity index (χ2n) is 11.5. The Balaban J connectivity index is 1.75. The summed E-state index contributed by atoms with van der Waals surface area (Å²) < 4.78 is 6.73. The van der Waals surface area contributed by atoms with Crippen LogP contribution in [0.4, 0.5) is 0 Å². The number of nitrogens with one attached hydrogen (secondary N) is 2. The van der Waals surface area contributed by atoms with Gasteiger partial charge in [0.15, 0.2) is 0 Å². The summed E-state index contributed by atoms with van der Waals surface area (Å²) in [4.78, 5) is 43.2. The summed E-state index contributed by atoms with van der Waals surface area (Å²) in [5, 5.41) is 16.4. The van der Waals surface area contributed by atoms with E-state index in [9.17, 15) is 19.5 Å². The average molecular weight is 500 g/mol. The van der Waals surface area contributed by atoms with Crippen LogP contribution in [-0.2, 0) is 25.7 Å². The smallest absolute Gasteiger partial charge is 0.246 e. The Labute approximate surface area is 214 Å². The molecule has 3 amide bonds. The van der Waals surface area contributed by atoms with E-state index in [1.54, 1.807) is 4.90 Å². The topological polar surface area (TPSA) is 108 Å². The fourth-order valence-electron chi connectivity index (χ4n) is 6.81. The van der Waals surface area contributed by atoms with E-state index < -0.39 is 35.1 Å². The Bertz CT molecular complexity index is 1000. The first kappa shape index (κ1) is 26.6. The third-order valence-electron chi connectivity index (χ3n) is 8.87. The molecule has 1 spiro atoms. The van der Waals surface area contributed by atoms with Crippen molar-refractivity contribution in [3.8, 4) is 0 Å². The molecule has 8 atom stereocenters. The van der Waals surface area contributed by atoms with E-state index >= 15 is 0 Å². The van der Waals surface area contributed by atoms with Crippen molar-refractivity contribution < 1.29 is 24.2 Å². The number of hydrogen-bond donors (Lipinski definition) is 3. The number of ether oxygens (including phenoxy) is 1. The van der Waals surface area contributed by atoms with E-state index in [0.29, 0.717) is 13.0 Å². The highest BCUT2D eigenvalue weighted by Crippen LogP contribution is 2.65. The summed E-state index contributed by atoms with van der Waals surface area (Å²) in [6, 6.07) is 8.07. The zero-order valence-corrected chi connectivity index (χ0v) is 22.3. The highest BCUT2D eigenvalue weighted by atomic mass is 16.5. The van der Waals surface area contributed by atoms with E-state index in [1.807, 2.05) is 71.9 Å². The minimum absolute atomic E-state index is 0.0282. The van der Waals surface area contributed by atoms with Crippen molar-refractivity contribution in [2.45, 2.75) is 90.3 Å². The molecule has 198 valence electrons. The second-order valence-corrected chi connectivity index (χ2v) is 11.5. The lowest BCUT2D eigenvalue weighted by Crippen LogP contribution is -2.60. The molecule has 0 saturated carbocycles. The molecule has 3 fully saturated rings. The lowest BCUT2D eigenvalue weighted by molar-refractivity contribution is -0.152. The van der Waals surface area contributed by atoms with Crippen LogP contribution < -0.4 is 10.6 Å². The van der Waals surface area contributed by atoms with Gasteiger partial charge in [0.05, 0.1) is 30.1 Å². The van der Waals surface area contributed by atoms with Crippen molar-refractivity contribution in [1.82, 2.24) is 15.5 Å². The number of aliphatic hydroxyl groups is 1. The summed E-state index contributed by atoms with van der Waals surface area (Å²) >= 11 is 0. The van der Waals surface area contributed by atoms with Crippen LogP contribution in [0.1, 0.15) is 59.9 Å². The highest BCUT2D eigenvalue weighted by molar-refractivity contribution is 5.99. The van der Waals surface area contributed by atoms with Crippen LogP contribution in [0.5, 0.6) is 0 Å². The van der Waals surface area contributed by atoms with Crippen molar-refractivity contribution in [3.05, 3.63) is 35.9 Å². The molecule has 36 heavy (non-hydrogen) atoms. The lowest BCUT2D eigenvalue weighted by Gasteiger charge is -2.39.